The summed E-state index contributed by atoms with van der Waals surface area (Å²) in [6.45, 7) is 7.97. The van der Waals surface area contributed by atoms with Crippen LogP contribution in [0.1, 0.15) is 55.1 Å². The number of carbonyl (C=O) groups is 1. The molecule has 32 heavy (non-hydrogen) atoms. The highest BCUT2D eigenvalue weighted by molar-refractivity contribution is 5.94. The average molecular weight is 434 g/mol. The summed E-state index contributed by atoms with van der Waals surface area (Å²) < 4.78 is 7.76. The molecule has 1 saturated heterocycles. The number of likely N-dealkylation sites (tertiary alicyclic amines) is 1. The number of para-hydroxylation sites is 1. The highest BCUT2D eigenvalue weighted by Crippen LogP contribution is 2.30. The molecule has 5 nitrogen and oxygen atoms in total. The van der Waals surface area contributed by atoms with Crippen LogP contribution in [0.25, 0.3) is 10.9 Å². The van der Waals surface area contributed by atoms with Crippen LogP contribution < -0.4 is 5.32 Å². The molecule has 0 unspecified atom stereocenters. The third-order valence-corrected chi connectivity index (χ3v) is 6.79. The van der Waals surface area contributed by atoms with Gasteiger partial charge in [0.25, 0.3) is 5.91 Å². The van der Waals surface area contributed by atoms with Crippen molar-refractivity contribution in [1.29, 1.82) is 0 Å². The van der Waals surface area contributed by atoms with Gasteiger partial charge < -0.3 is 14.6 Å². The number of amides is 1. The van der Waals surface area contributed by atoms with Crippen molar-refractivity contribution in [3.63, 3.8) is 0 Å². The Morgan fingerprint density at radius 3 is 2.44 bits per heavy atom. The molecule has 4 rings (SSSR count). The molecule has 1 amide bonds. The van der Waals surface area contributed by atoms with Crippen LogP contribution in [0.15, 0.2) is 60.8 Å². The number of nitrogens with zero attached hydrogens (tertiary/aromatic N) is 2. The zero-order valence-electron chi connectivity index (χ0n) is 19.5. The molecule has 3 aromatic rings. The minimum Gasteiger partial charge on any atom is -0.385 e. The molecule has 1 N–H and O–H groups in total. The van der Waals surface area contributed by atoms with Gasteiger partial charge in [0.1, 0.15) is 0 Å². The van der Waals surface area contributed by atoms with Crippen LogP contribution in [0.5, 0.6) is 0 Å². The van der Waals surface area contributed by atoms with Crippen LogP contribution in [-0.4, -0.2) is 47.7 Å². The quantitative estimate of drug-likeness (QED) is 0.542. The highest BCUT2D eigenvalue weighted by Gasteiger charge is 2.36. The van der Waals surface area contributed by atoms with E-state index in [0.717, 1.165) is 38.9 Å². The Morgan fingerprint density at radius 2 is 1.75 bits per heavy atom. The maximum Gasteiger partial charge on any atom is 0.251 e. The van der Waals surface area contributed by atoms with Crippen molar-refractivity contribution in [1.82, 2.24) is 14.8 Å². The van der Waals surface area contributed by atoms with Gasteiger partial charge in [0.05, 0.1) is 0 Å². The molecule has 1 fully saturated rings. The first-order valence-electron chi connectivity index (χ1n) is 11.7. The zero-order chi connectivity index (χ0) is 22.6. The lowest BCUT2D eigenvalue weighted by Crippen LogP contribution is -2.55. The van der Waals surface area contributed by atoms with Gasteiger partial charge in [0, 0.05) is 67.6 Å². The van der Waals surface area contributed by atoms with Gasteiger partial charge in [-0.1, -0.05) is 36.4 Å². The summed E-state index contributed by atoms with van der Waals surface area (Å²) >= 11 is 0. The summed E-state index contributed by atoms with van der Waals surface area (Å²) in [4.78, 5) is 15.4. The van der Waals surface area contributed by atoms with E-state index in [1.54, 1.807) is 7.11 Å². The van der Waals surface area contributed by atoms with E-state index in [2.05, 4.69) is 59.1 Å². The highest BCUT2D eigenvalue weighted by atomic mass is 16.5. The van der Waals surface area contributed by atoms with Gasteiger partial charge in [0.2, 0.25) is 0 Å². The molecule has 0 aliphatic carbocycles. The Hall–Kier alpha value is -2.63. The van der Waals surface area contributed by atoms with Crippen LogP contribution in [0.3, 0.4) is 0 Å². The van der Waals surface area contributed by atoms with E-state index in [0.29, 0.717) is 18.2 Å². The number of rotatable bonds is 8. The van der Waals surface area contributed by atoms with Crippen molar-refractivity contribution in [3.05, 3.63) is 71.9 Å². The fourth-order valence-corrected chi connectivity index (χ4v) is 4.85. The molecular weight excluding hydrogens is 398 g/mol. The molecular formula is C27H35N3O2. The van der Waals surface area contributed by atoms with E-state index >= 15 is 0 Å². The number of ether oxygens (including phenoxy) is 1. The Labute approximate surface area is 191 Å². The Bertz CT molecular complexity index is 1030. The second-order valence-corrected chi connectivity index (χ2v) is 9.29. The molecule has 0 atom stereocenters. The maximum absolute atomic E-state index is 12.9. The van der Waals surface area contributed by atoms with Crippen LogP contribution in [0.2, 0.25) is 0 Å². The van der Waals surface area contributed by atoms with Gasteiger partial charge in [-0.2, -0.15) is 0 Å². The summed E-state index contributed by atoms with van der Waals surface area (Å²) in [6.07, 6.45) is 5.01. The van der Waals surface area contributed by atoms with Crippen molar-refractivity contribution in [2.24, 2.45) is 0 Å². The van der Waals surface area contributed by atoms with Crippen LogP contribution in [-0.2, 0) is 11.3 Å². The van der Waals surface area contributed by atoms with Crippen molar-refractivity contribution in [2.75, 3.05) is 26.8 Å². The molecule has 1 aromatic heterocycles. The molecule has 1 aliphatic heterocycles. The molecule has 2 aromatic carbocycles. The smallest absolute Gasteiger partial charge is 0.251 e. The topological polar surface area (TPSA) is 46.5 Å². The van der Waals surface area contributed by atoms with Crippen LogP contribution in [0, 0.1) is 0 Å². The third kappa shape index (κ3) is 4.89. The lowest BCUT2D eigenvalue weighted by molar-refractivity contribution is 0.0691. The first kappa shape index (κ1) is 22.6. The third-order valence-electron chi connectivity index (χ3n) is 6.79. The van der Waals surface area contributed by atoms with Crippen molar-refractivity contribution in [2.45, 2.75) is 51.2 Å². The number of hydrogen-bond acceptors (Lipinski definition) is 3. The van der Waals surface area contributed by atoms with Gasteiger partial charge in [-0.05, 0) is 56.9 Å². The van der Waals surface area contributed by atoms with Gasteiger partial charge >= 0.3 is 0 Å². The van der Waals surface area contributed by atoms with Crippen LogP contribution >= 0.6 is 0 Å². The van der Waals surface area contributed by atoms with E-state index < -0.39 is 0 Å². The van der Waals surface area contributed by atoms with Gasteiger partial charge in [-0.15, -0.1) is 0 Å². The Kier molecular flexibility index (Phi) is 6.97. The second-order valence-electron chi connectivity index (χ2n) is 9.29. The monoisotopic (exact) mass is 433 g/mol. The first-order valence-corrected chi connectivity index (χ1v) is 11.7. The van der Waals surface area contributed by atoms with Gasteiger partial charge in [0.15, 0.2) is 0 Å². The van der Waals surface area contributed by atoms with E-state index in [9.17, 15) is 4.79 Å². The van der Waals surface area contributed by atoms with E-state index in [1.165, 1.54) is 16.5 Å². The molecule has 0 spiro atoms. The van der Waals surface area contributed by atoms with E-state index in [1.807, 2.05) is 30.3 Å². The fourth-order valence-electron chi connectivity index (χ4n) is 4.85. The molecule has 0 bridgehead atoms. The standard InChI is InChI=1S/C27H35N3O2/c1-21(2)30-20-23(24-11-7-8-12-25(24)30)19-29-16-13-27(14-17-29,15-18-32-3)28-26(31)22-9-5-4-6-10-22/h4-12,20-21H,13-19H2,1-3H3,(H,28,31). The number of carbonyl (C=O) groups excluding carboxylic acids is 1. The van der Waals surface area contributed by atoms with Crippen molar-refractivity contribution in [3.8, 4) is 0 Å². The second kappa shape index (κ2) is 9.88. The average Bonchev–Trinajstić information content (AvgIpc) is 3.19. The number of aromatic nitrogens is 1. The number of nitrogens with one attached hydrogen (secondary N) is 1. The predicted molar refractivity (Wildman–Crippen MR) is 130 cm³/mol. The number of fused-ring (bicyclic) bond motifs is 1. The number of benzene rings is 2. The number of piperidine rings is 1. The van der Waals surface area contributed by atoms with Crippen LogP contribution in [0.4, 0.5) is 0 Å². The normalized spacial score (nSPS) is 16.5. The molecule has 0 radical (unpaired) electrons. The predicted octanol–water partition coefficient (Wildman–Crippen LogP) is 5.02. The number of methoxy groups -OCH3 is 1. The summed E-state index contributed by atoms with van der Waals surface area (Å²) in [5.74, 6) is 0.00940. The summed E-state index contributed by atoms with van der Waals surface area (Å²) in [7, 11) is 1.73. The van der Waals surface area contributed by atoms with E-state index in [-0.39, 0.29) is 11.4 Å². The number of hydrogen-bond donors (Lipinski definition) is 1. The largest absolute Gasteiger partial charge is 0.385 e. The molecule has 0 saturated carbocycles. The summed E-state index contributed by atoms with van der Waals surface area (Å²) in [5, 5.41) is 4.71. The van der Waals surface area contributed by atoms with Crippen molar-refractivity contribution >= 4 is 16.8 Å². The van der Waals surface area contributed by atoms with E-state index in [4.69, 9.17) is 4.74 Å². The Balaban J connectivity index is 1.46. The van der Waals surface area contributed by atoms with Gasteiger partial charge in [-0.25, -0.2) is 0 Å². The fraction of sp³-hybridized carbons (Fsp3) is 0.444. The molecule has 5 heteroatoms. The zero-order valence-corrected chi connectivity index (χ0v) is 19.5. The lowest BCUT2D eigenvalue weighted by Gasteiger charge is -2.42. The Morgan fingerprint density at radius 1 is 1.06 bits per heavy atom. The minimum atomic E-state index is -0.217. The summed E-state index contributed by atoms with van der Waals surface area (Å²) in [5.41, 5.74) is 3.19. The summed E-state index contributed by atoms with van der Waals surface area (Å²) in [6, 6.07) is 18.6. The molecule has 1 aliphatic rings. The minimum absolute atomic E-state index is 0.00940. The van der Waals surface area contributed by atoms with Crippen molar-refractivity contribution < 1.29 is 9.53 Å². The molecule has 170 valence electrons. The van der Waals surface area contributed by atoms with Gasteiger partial charge in [-0.3, -0.25) is 9.69 Å². The first-order chi connectivity index (χ1) is 15.5. The molecule has 2 heterocycles. The SMILES string of the molecule is COCCC1(NC(=O)c2ccccc2)CCN(Cc2cn(C(C)C)c3ccccc23)CC1. The maximum atomic E-state index is 12.9. The lowest BCUT2D eigenvalue weighted by atomic mass is 9.84.